The van der Waals surface area contributed by atoms with E-state index in [2.05, 4.69) is 10.3 Å². The molecule has 9 heteroatoms. The zero-order chi connectivity index (χ0) is 20.6. The van der Waals surface area contributed by atoms with Gasteiger partial charge < -0.3 is 0 Å². The average molecular weight is 439 g/mol. The van der Waals surface area contributed by atoms with Crippen molar-refractivity contribution in [1.29, 1.82) is 0 Å². The van der Waals surface area contributed by atoms with Gasteiger partial charge in [-0.1, -0.05) is 18.2 Å². The van der Waals surface area contributed by atoms with Crippen molar-refractivity contribution in [2.24, 2.45) is 5.92 Å². The van der Waals surface area contributed by atoms with Gasteiger partial charge in [0.1, 0.15) is 12.3 Å². The molecule has 2 aliphatic rings. The zero-order valence-corrected chi connectivity index (χ0v) is 17.1. The monoisotopic (exact) mass is 438 g/mol. The molecule has 0 saturated heterocycles. The van der Waals surface area contributed by atoms with Crippen LogP contribution in [-0.2, 0) is 14.6 Å². The van der Waals surface area contributed by atoms with Crippen LogP contribution in [0.3, 0.4) is 0 Å². The number of amides is 1. The first-order chi connectivity index (χ1) is 13.8. The molecule has 0 spiro atoms. The summed E-state index contributed by atoms with van der Waals surface area (Å²) in [6.45, 7) is 0. The molecule has 1 heterocycles. The maximum absolute atomic E-state index is 13.6. The molecule has 2 unspecified atom stereocenters. The van der Waals surface area contributed by atoms with Gasteiger partial charge in [0.15, 0.2) is 15.0 Å². The highest BCUT2D eigenvalue weighted by Crippen LogP contribution is 2.36. The molecule has 4 rings (SSSR count). The van der Waals surface area contributed by atoms with Crippen molar-refractivity contribution in [3.05, 3.63) is 47.5 Å². The third kappa shape index (κ3) is 4.40. The summed E-state index contributed by atoms with van der Waals surface area (Å²) in [6, 6.07) is 6.10. The highest BCUT2D eigenvalue weighted by molar-refractivity contribution is 7.92. The minimum atomic E-state index is -3.33. The molecule has 0 radical (unpaired) electrons. The number of rotatable bonds is 6. The van der Waals surface area contributed by atoms with E-state index >= 15 is 0 Å². The number of carbonyl (C=O) groups excluding carboxylic acids is 1. The Morgan fingerprint density at radius 3 is 2.34 bits per heavy atom. The molecular formula is C20H20F2N2O3S2. The molecule has 1 N–H and O–H groups in total. The van der Waals surface area contributed by atoms with Crippen molar-refractivity contribution < 1.29 is 22.0 Å². The van der Waals surface area contributed by atoms with Gasteiger partial charge in [-0.2, -0.15) is 0 Å². The second-order valence-corrected chi connectivity index (χ2v) is 10.5. The lowest BCUT2D eigenvalue weighted by molar-refractivity contribution is -0.111. The Balaban J connectivity index is 1.63. The summed E-state index contributed by atoms with van der Waals surface area (Å²) in [6.07, 6.45) is 1.44. The molecule has 0 aliphatic heterocycles. The summed E-state index contributed by atoms with van der Waals surface area (Å²) in [5.74, 6) is -0.859. The van der Waals surface area contributed by atoms with Gasteiger partial charge in [-0.15, -0.1) is 11.3 Å². The normalized spacial score (nSPS) is 25.2. The van der Waals surface area contributed by atoms with Gasteiger partial charge in [-0.05, 0) is 49.3 Å². The molecule has 154 valence electrons. The Morgan fingerprint density at radius 1 is 1.14 bits per heavy atom. The van der Waals surface area contributed by atoms with Gasteiger partial charge in [-0.25, -0.2) is 22.2 Å². The van der Waals surface area contributed by atoms with Crippen molar-refractivity contribution in [3.63, 3.8) is 0 Å². The number of hydrogen-bond donors (Lipinski definition) is 1. The number of nitrogens with zero attached hydrogens (tertiary/aromatic N) is 1. The number of halogens is 2. The van der Waals surface area contributed by atoms with Gasteiger partial charge in [0.05, 0.1) is 10.1 Å². The van der Waals surface area contributed by atoms with E-state index in [4.69, 9.17) is 0 Å². The summed E-state index contributed by atoms with van der Waals surface area (Å²) >= 11 is 1.25. The van der Waals surface area contributed by atoms with Crippen molar-refractivity contribution in [1.82, 2.24) is 4.98 Å². The van der Waals surface area contributed by atoms with Crippen LogP contribution in [0.25, 0.3) is 5.57 Å². The fourth-order valence-electron chi connectivity index (χ4n) is 3.49. The number of allylic oxidation sites excluding steroid dienone is 1. The Hall–Kier alpha value is -2.13. The topological polar surface area (TPSA) is 76.1 Å². The molecule has 2 aromatic rings. The van der Waals surface area contributed by atoms with Crippen molar-refractivity contribution in [3.8, 4) is 0 Å². The van der Waals surface area contributed by atoms with E-state index in [9.17, 15) is 22.0 Å². The Bertz CT molecular complexity index is 1010. The van der Waals surface area contributed by atoms with Crippen LogP contribution < -0.4 is 5.32 Å². The fourth-order valence-corrected chi connectivity index (χ4v) is 5.67. The molecule has 0 bridgehead atoms. The largest absolute Gasteiger partial charge is 0.298 e. The summed E-state index contributed by atoms with van der Waals surface area (Å²) in [5, 5.41) is 4.49. The zero-order valence-electron chi connectivity index (χ0n) is 15.4. The smallest absolute Gasteiger partial charge is 0.257 e. The molecule has 29 heavy (non-hydrogen) atoms. The number of sulfone groups is 1. The van der Waals surface area contributed by atoms with E-state index in [0.29, 0.717) is 23.5 Å². The summed E-state index contributed by atoms with van der Waals surface area (Å²) in [4.78, 5) is 17.1. The molecule has 1 aromatic heterocycles. The number of nitrogens with one attached hydrogen (secondary N) is 1. The van der Waals surface area contributed by atoms with Crippen LogP contribution in [0.2, 0.25) is 0 Å². The van der Waals surface area contributed by atoms with Gasteiger partial charge >= 0.3 is 0 Å². The Labute approximate surface area is 171 Å². The summed E-state index contributed by atoms with van der Waals surface area (Å²) in [7, 11) is -3.33. The minimum absolute atomic E-state index is 0.0172. The summed E-state index contributed by atoms with van der Waals surface area (Å²) in [5.41, 5.74) is 0.744. The SMILES string of the molecule is O=C(Nc1nccs1)/C(=C/C1CC(F)C(F)C1)c1ccc(S(=O)(=O)C2CC2)cc1. The van der Waals surface area contributed by atoms with E-state index in [0.717, 1.165) is 0 Å². The average Bonchev–Trinajstić information content (AvgIpc) is 3.36. The minimum Gasteiger partial charge on any atom is -0.298 e. The van der Waals surface area contributed by atoms with E-state index in [1.165, 1.54) is 23.5 Å². The predicted octanol–water partition coefficient (Wildman–Crippen LogP) is 4.19. The molecule has 1 aromatic carbocycles. The number of benzene rings is 1. The third-order valence-corrected chi connectivity index (χ3v) is 8.17. The Kier molecular flexibility index (Phi) is 5.52. The number of anilines is 1. The van der Waals surface area contributed by atoms with Crippen molar-refractivity contribution in [2.45, 2.75) is 48.2 Å². The van der Waals surface area contributed by atoms with Gasteiger partial charge in [0, 0.05) is 17.2 Å². The molecule has 2 aliphatic carbocycles. The summed E-state index contributed by atoms with van der Waals surface area (Å²) < 4.78 is 52.0. The Morgan fingerprint density at radius 2 is 1.79 bits per heavy atom. The number of thiazole rings is 1. The lowest BCUT2D eigenvalue weighted by Crippen LogP contribution is -2.15. The van der Waals surface area contributed by atoms with Crippen LogP contribution in [-0.4, -0.2) is 36.9 Å². The van der Waals surface area contributed by atoms with E-state index in [1.54, 1.807) is 29.8 Å². The fraction of sp³-hybridized carbons (Fsp3) is 0.400. The van der Waals surface area contributed by atoms with Crippen LogP contribution in [0.1, 0.15) is 31.2 Å². The lowest BCUT2D eigenvalue weighted by Gasteiger charge is -2.12. The quantitative estimate of drug-likeness (QED) is 0.687. The second kappa shape index (κ2) is 7.95. The van der Waals surface area contributed by atoms with Gasteiger partial charge in [0.25, 0.3) is 5.91 Å². The maximum atomic E-state index is 13.6. The number of hydrogen-bond acceptors (Lipinski definition) is 5. The van der Waals surface area contributed by atoms with Gasteiger partial charge in [0.2, 0.25) is 0 Å². The highest BCUT2D eigenvalue weighted by Gasteiger charge is 2.37. The second-order valence-electron chi connectivity index (χ2n) is 7.40. The highest BCUT2D eigenvalue weighted by atomic mass is 32.2. The van der Waals surface area contributed by atoms with Crippen LogP contribution in [0.4, 0.5) is 13.9 Å². The molecule has 1 amide bonds. The van der Waals surface area contributed by atoms with E-state index in [1.807, 2.05) is 0 Å². The van der Waals surface area contributed by atoms with Crippen molar-refractivity contribution >= 4 is 37.8 Å². The van der Waals surface area contributed by atoms with Crippen LogP contribution >= 0.6 is 11.3 Å². The molecule has 2 saturated carbocycles. The molecule has 5 nitrogen and oxygen atoms in total. The number of aromatic nitrogens is 1. The standard InChI is InChI=1S/C20H20F2N2O3S2/c21-17-10-12(11-18(17)22)9-16(19(25)24-20-23-7-8-28-20)13-1-3-14(4-2-13)29(26,27)15-5-6-15/h1-4,7-9,12,15,17-18H,5-6,10-11H2,(H,23,24,25)/b16-9+. The van der Waals surface area contributed by atoms with Gasteiger partial charge in [-0.3, -0.25) is 10.1 Å². The predicted molar refractivity (Wildman–Crippen MR) is 108 cm³/mol. The maximum Gasteiger partial charge on any atom is 0.257 e. The lowest BCUT2D eigenvalue weighted by atomic mass is 9.98. The van der Waals surface area contributed by atoms with Crippen molar-refractivity contribution in [2.75, 3.05) is 5.32 Å². The first-order valence-electron chi connectivity index (χ1n) is 9.39. The number of alkyl halides is 2. The first-order valence-corrected chi connectivity index (χ1v) is 11.8. The molecule has 2 atom stereocenters. The van der Waals surface area contributed by atoms with Crippen LogP contribution in [0.15, 0.2) is 46.8 Å². The van der Waals surface area contributed by atoms with Crippen LogP contribution in [0, 0.1) is 5.92 Å². The van der Waals surface area contributed by atoms with E-state index < -0.39 is 34.0 Å². The molecule has 2 fully saturated rings. The first kappa shape index (κ1) is 20.2. The van der Waals surface area contributed by atoms with Crippen LogP contribution in [0.5, 0.6) is 0 Å². The molecular weight excluding hydrogens is 418 g/mol. The third-order valence-electron chi connectivity index (χ3n) is 5.21. The van der Waals surface area contributed by atoms with E-state index in [-0.39, 0.29) is 28.6 Å². The number of carbonyl (C=O) groups is 1.